The Morgan fingerprint density at radius 3 is 2.56 bits per heavy atom. The molecule has 27 heavy (non-hydrogen) atoms. The third-order valence-corrected chi connectivity index (χ3v) is 4.91. The van der Waals surface area contributed by atoms with Crippen LogP contribution >= 0.6 is 0 Å². The molecule has 1 N–H and O–H groups in total. The van der Waals surface area contributed by atoms with Crippen LogP contribution in [-0.2, 0) is 6.54 Å². The summed E-state index contributed by atoms with van der Waals surface area (Å²) in [6, 6.07) is 12.5. The van der Waals surface area contributed by atoms with Gasteiger partial charge in [0, 0.05) is 30.8 Å². The zero-order valence-electron chi connectivity index (χ0n) is 15.1. The first-order valence-corrected chi connectivity index (χ1v) is 9.27. The number of benzene rings is 2. The first kappa shape index (κ1) is 17.4. The van der Waals surface area contributed by atoms with Crippen molar-refractivity contribution in [3.05, 3.63) is 59.2 Å². The molecule has 0 radical (unpaired) electrons. The maximum atomic E-state index is 12.6. The maximum absolute atomic E-state index is 12.6. The summed E-state index contributed by atoms with van der Waals surface area (Å²) in [5.74, 6) is 1.20. The summed E-state index contributed by atoms with van der Waals surface area (Å²) in [4.78, 5) is 27.0. The van der Waals surface area contributed by atoms with Gasteiger partial charge in [0.2, 0.25) is 6.79 Å². The summed E-state index contributed by atoms with van der Waals surface area (Å²) in [5, 5.41) is 2.89. The van der Waals surface area contributed by atoms with Gasteiger partial charge in [0.05, 0.1) is 0 Å². The largest absolute Gasteiger partial charge is 0.454 e. The van der Waals surface area contributed by atoms with Crippen LogP contribution in [-0.4, -0.2) is 36.6 Å². The van der Waals surface area contributed by atoms with Crippen LogP contribution in [0.15, 0.2) is 42.5 Å². The second kappa shape index (κ2) is 7.70. The molecule has 0 atom stereocenters. The number of nitrogens with one attached hydrogen (secondary N) is 1. The van der Waals surface area contributed by atoms with Gasteiger partial charge >= 0.3 is 0 Å². The van der Waals surface area contributed by atoms with Crippen molar-refractivity contribution in [1.82, 2.24) is 10.2 Å². The van der Waals surface area contributed by atoms with E-state index in [9.17, 15) is 9.59 Å². The van der Waals surface area contributed by atoms with Crippen molar-refractivity contribution in [3.8, 4) is 11.5 Å². The Morgan fingerprint density at radius 1 is 0.926 bits per heavy atom. The van der Waals surface area contributed by atoms with Crippen molar-refractivity contribution in [2.75, 3.05) is 19.9 Å². The average molecular weight is 366 g/mol. The Bertz CT molecular complexity index is 859. The molecule has 2 heterocycles. The zero-order valence-corrected chi connectivity index (χ0v) is 15.1. The molecule has 2 amide bonds. The van der Waals surface area contributed by atoms with E-state index in [1.807, 2.05) is 23.1 Å². The van der Waals surface area contributed by atoms with E-state index in [0.29, 0.717) is 29.2 Å². The van der Waals surface area contributed by atoms with Gasteiger partial charge in [-0.05, 0) is 55.2 Å². The van der Waals surface area contributed by atoms with Gasteiger partial charge in [0.1, 0.15) is 0 Å². The molecule has 4 rings (SSSR count). The molecule has 0 unspecified atom stereocenters. The normalized spacial score (nSPS) is 15.5. The van der Waals surface area contributed by atoms with Gasteiger partial charge in [-0.1, -0.05) is 12.1 Å². The van der Waals surface area contributed by atoms with Gasteiger partial charge in [-0.15, -0.1) is 0 Å². The standard InChI is InChI=1S/C21H22N2O4/c24-20(22-13-15-7-8-18-19(11-15)27-14-26-18)16-5-4-6-17(12-16)21(25)23-9-2-1-3-10-23/h4-8,11-12H,1-3,9-10,13-14H2,(H,22,24). The minimum Gasteiger partial charge on any atom is -0.454 e. The Kier molecular flexibility index (Phi) is 4.96. The van der Waals surface area contributed by atoms with Gasteiger partial charge in [-0.2, -0.15) is 0 Å². The number of amides is 2. The predicted molar refractivity (Wildman–Crippen MR) is 99.9 cm³/mol. The first-order chi connectivity index (χ1) is 13.2. The Morgan fingerprint density at radius 2 is 1.70 bits per heavy atom. The molecule has 140 valence electrons. The highest BCUT2D eigenvalue weighted by Gasteiger charge is 2.19. The van der Waals surface area contributed by atoms with E-state index in [0.717, 1.165) is 31.5 Å². The molecule has 1 fully saturated rings. The minimum absolute atomic E-state index is 0.000112. The zero-order chi connectivity index (χ0) is 18.6. The molecule has 0 spiro atoms. The number of rotatable bonds is 4. The summed E-state index contributed by atoms with van der Waals surface area (Å²) in [6.45, 7) is 2.18. The summed E-state index contributed by atoms with van der Waals surface area (Å²) >= 11 is 0. The van der Waals surface area contributed by atoms with Gasteiger partial charge < -0.3 is 19.7 Å². The molecule has 2 aromatic rings. The lowest BCUT2D eigenvalue weighted by molar-refractivity contribution is 0.0724. The quantitative estimate of drug-likeness (QED) is 0.903. The minimum atomic E-state index is -0.207. The highest BCUT2D eigenvalue weighted by Crippen LogP contribution is 2.32. The molecule has 6 nitrogen and oxygen atoms in total. The van der Waals surface area contributed by atoms with E-state index in [1.165, 1.54) is 6.42 Å². The highest BCUT2D eigenvalue weighted by molar-refractivity contribution is 5.99. The fourth-order valence-electron chi connectivity index (χ4n) is 3.41. The molecule has 2 aliphatic rings. The molecule has 0 saturated carbocycles. The molecule has 2 aliphatic heterocycles. The number of carbonyl (C=O) groups excluding carboxylic acids is 2. The van der Waals surface area contributed by atoms with Crippen molar-refractivity contribution >= 4 is 11.8 Å². The Balaban J connectivity index is 1.40. The van der Waals surface area contributed by atoms with Crippen molar-refractivity contribution in [3.63, 3.8) is 0 Å². The molecule has 6 heteroatoms. The summed E-state index contributed by atoms with van der Waals surface area (Å²) in [7, 11) is 0. The monoisotopic (exact) mass is 366 g/mol. The molecule has 0 aliphatic carbocycles. The van der Waals surface area contributed by atoms with Gasteiger partial charge in [-0.3, -0.25) is 9.59 Å². The molecule has 2 aromatic carbocycles. The van der Waals surface area contributed by atoms with E-state index in [2.05, 4.69) is 5.32 Å². The van der Waals surface area contributed by atoms with Crippen LogP contribution in [0, 0.1) is 0 Å². The molecule has 0 aromatic heterocycles. The second-order valence-electron chi connectivity index (χ2n) is 6.80. The Labute approximate surface area is 158 Å². The van der Waals surface area contributed by atoms with Crippen LogP contribution in [0.4, 0.5) is 0 Å². The van der Waals surface area contributed by atoms with Gasteiger partial charge in [0.25, 0.3) is 11.8 Å². The third-order valence-electron chi connectivity index (χ3n) is 4.91. The van der Waals surface area contributed by atoms with Gasteiger partial charge in [0.15, 0.2) is 11.5 Å². The number of carbonyl (C=O) groups is 2. The number of ether oxygens (including phenoxy) is 2. The van der Waals surface area contributed by atoms with Crippen LogP contribution in [0.3, 0.4) is 0 Å². The van der Waals surface area contributed by atoms with Crippen molar-refractivity contribution in [1.29, 1.82) is 0 Å². The maximum Gasteiger partial charge on any atom is 0.253 e. The van der Waals surface area contributed by atoms with Crippen molar-refractivity contribution in [2.45, 2.75) is 25.8 Å². The first-order valence-electron chi connectivity index (χ1n) is 9.27. The lowest BCUT2D eigenvalue weighted by Gasteiger charge is -2.26. The highest BCUT2D eigenvalue weighted by atomic mass is 16.7. The molecular weight excluding hydrogens is 344 g/mol. The number of hydrogen-bond acceptors (Lipinski definition) is 4. The average Bonchev–Trinajstić information content (AvgIpc) is 3.20. The number of fused-ring (bicyclic) bond motifs is 1. The molecular formula is C21H22N2O4. The fourth-order valence-corrected chi connectivity index (χ4v) is 3.41. The van der Waals surface area contributed by atoms with Crippen LogP contribution < -0.4 is 14.8 Å². The van der Waals surface area contributed by atoms with Crippen LogP contribution in [0.25, 0.3) is 0 Å². The number of likely N-dealkylation sites (tertiary alicyclic amines) is 1. The van der Waals surface area contributed by atoms with Crippen LogP contribution in [0.5, 0.6) is 11.5 Å². The Hall–Kier alpha value is -3.02. The van der Waals surface area contributed by atoms with E-state index >= 15 is 0 Å². The van der Waals surface area contributed by atoms with Crippen LogP contribution in [0.1, 0.15) is 45.5 Å². The third kappa shape index (κ3) is 3.89. The van der Waals surface area contributed by atoms with Crippen molar-refractivity contribution in [2.24, 2.45) is 0 Å². The lowest BCUT2D eigenvalue weighted by atomic mass is 10.1. The number of nitrogens with zero attached hydrogens (tertiary/aromatic N) is 1. The number of hydrogen-bond donors (Lipinski definition) is 1. The lowest BCUT2D eigenvalue weighted by Crippen LogP contribution is -2.35. The van der Waals surface area contributed by atoms with E-state index in [1.54, 1.807) is 24.3 Å². The van der Waals surface area contributed by atoms with Crippen LogP contribution in [0.2, 0.25) is 0 Å². The van der Waals surface area contributed by atoms with Crippen molar-refractivity contribution < 1.29 is 19.1 Å². The molecule has 0 bridgehead atoms. The summed E-state index contributed by atoms with van der Waals surface area (Å²) < 4.78 is 10.6. The summed E-state index contributed by atoms with van der Waals surface area (Å²) in [6.07, 6.45) is 3.26. The van der Waals surface area contributed by atoms with E-state index in [4.69, 9.17) is 9.47 Å². The number of piperidine rings is 1. The van der Waals surface area contributed by atoms with E-state index in [-0.39, 0.29) is 18.6 Å². The second-order valence-corrected chi connectivity index (χ2v) is 6.80. The summed E-state index contributed by atoms with van der Waals surface area (Å²) in [5.41, 5.74) is 1.97. The smallest absolute Gasteiger partial charge is 0.253 e. The van der Waals surface area contributed by atoms with E-state index < -0.39 is 0 Å². The SMILES string of the molecule is O=C(NCc1ccc2c(c1)OCO2)c1cccc(C(=O)N2CCCCC2)c1. The van der Waals surface area contributed by atoms with Gasteiger partial charge in [-0.25, -0.2) is 0 Å². The molecule has 1 saturated heterocycles. The topological polar surface area (TPSA) is 67.9 Å². The predicted octanol–water partition coefficient (Wildman–Crippen LogP) is 2.97. The fraction of sp³-hybridized carbons (Fsp3) is 0.333.